The second-order valence-electron chi connectivity index (χ2n) is 6.21. The molecule has 0 bridgehead atoms. The van der Waals surface area contributed by atoms with Gasteiger partial charge in [-0.2, -0.15) is 0 Å². The molecule has 1 N–H and O–H groups in total. The van der Waals surface area contributed by atoms with E-state index in [0.717, 1.165) is 0 Å². The zero-order valence-corrected chi connectivity index (χ0v) is 14.9. The van der Waals surface area contributed by atoms with E-state index in [4.69, 9.17) is 4.74 Å². The van der Waals surface area contributed by atoms with Gasteiger partial charge in [0.05, 0.1) is 0 Å². The molecule has 132 valence electrons. The highest BCUT2D eigenvalue weighted by Gasteiger charge is 2.51. The SMILES string of the molecule is COC1(C2=CCC(CC(=O)c3ccccc3)S2)C(=O)CCCNC1=O. The van der Waals surface area contributed by atoms with E-state index in [-0.39, 0.29) is 16.8 Å². The van der Waals surface area contributed by atoms with Crippen LogP contribution in [0.5, 0.6) is 0 Å². The number of hydrogen-bond donors (Lipinski definition) is 1. The Balaban J connectivity index is 1.73. The molecule has 0 saturated carbocycles. The topological polar surface area (TPSA) is 72.5 Å². The number of carbonyl (C=O) groups is 3. The van der Waals surface area contributed by atoms with Crippen LogP contribution in [0.3, 0.4) is 0 Å². The average Bonchev–Trinajstić information content (AvgIpc) is 3.03. The van der Waals surface area contributed by atoms with Gasteiger partial charge in [-0.15, -0.1) is 11.8 Å². The van der Waals surface area contributed by atoms with Crippen molar-refractivity contribution in [3.63, 3.8) is 0 Å². The summed E-state index contributed by atoms with van der Waals surface area (Å²) in [6, 6.07) is 9.16. The highest BCUT2D eigenvalue weighted by molar-refractivity contribution is 8.04. The summed E-state index contributed by atoms with van der Waals surface area (Å²) in [5.74, 6) is -0.541. The molecule has 1 saturated heterocycles. The maximum absolute atomic E-state index is 12.6. The average molecular weight is 359 g/mol. The molecular weight excluding hydrogens is 338 g/mol. The summed E-state index contributed by atoms with van der Waals surface area (Å²) in [4.78, 5) is 38.2. The van der Waals surface area contributed by atoms with E-state index in [1.165, 1.54) is 18.9 Å². The van der Waals surface area contributed by atoms with E-state index in [2.05, 4.69) is 5.32 Å². The van der Waals surface area contributed by atoms with E-state index >= 15 is 0 Å². The molecule has 2 aliphatic rings. The molecule has 2 unspecified atom stereocenters. The molecule has 25 heavy (non-hydrogen) atoms. The molecule has 2 aliphatic heterocycles. The van der Waals surface area contributed by atoms with Crippen LogP contribution in [-0.2, 0) is 14.3 Å². The van der Waals surface area contributed by atoms with Crippen LogP contribution in [0.15, 0.2) is 41.3 Å². The number of nitrogens with one attached hydrogen (secondary N) is 1. The first-order valence-corrected chi connectivity index (χ1v) is 9.28. The molecule has 0 spiro atoms. The Bertz CT molecular complexity index is 695. The molecule has 2 atom stereocenters. The van der Waals surface area contributed by atoms with Crippen molar-refractivity contribution in [2.75, 3.05) is 13.7 Å². The number of Topliss-reactive ketones (excluding diaryl/α,β-unsaturated/α-hetero) is 2. The van der Waals surface area contributed by atoms with Crippen molar-refractivity contribution in [2.24, 2.45) is 0 Å². The Morgan fingerprint density at radius 1 is 1.32 bits per heavy atom. The van der Waals surface area contributed by atoms with Gasteiger partial charge >= 0.3 is 0 Å². The van der Waals surface area contributed by atoms with Crippen molar-refractivity contribution in [2.45, 2.75) is 36.5 Å². The number of rotatable bonds is 5. The summed E-state index contributed by atoms with van der Waals surface area (Å²) >= 11 is 1.41. The van der Waals surface area contributed by atoms with Crippen molar-refractivity contribution in [3.8, 4) is 0 Å². The molecule has 1 amide bonds. The van der Waals surface area contributed by atoms with Crippen molar-refractivity contribution >= 4 is 29.2 Å². The van der Waals surface area contributed by atoms with Crippen LogP contribution in [0.25, 0.3) is 0 Å². The van der Waals surface area contributed by atoms with E-state index in [1.54, 1.807) is 12.1 Å². The number of carbonyl (C=O) groups excluding carboxylic acids is 3. The fourth-order valence-corrected chi connectivity index (χ4v) is 4.68. The lowest BCUT2D eigenvalue weighted by molar-refractivity contribution is -0.149. The number of methoxy groups -OCH3 is 1. The van der Waals surface area contributed by atoms with Crippen LogP contribution >= 0.6 is 11.8 Å². The largest absolute Gasteiger partial charge is 0.357 e. The summed E-state index contributed by atoms with van der Waals surface area (Å²) < 4.78 is 5.47. The Morgan fingerprint density at radius 3 is 2.80 bits per heavy atom. The molecule has 0 aliphatic carbocycles. The van der Waals surface area contributed by atoms with Crippen LogP contribution in [0.4, 0.5) is 0 Å². The number of thioether (sulfide) groups is 1. The number of amides is 1. The Kier molecular flexibility index (Phi) is 5.39. The first kappa shape index (κ1) is 17.9. The summed E-state index contributed by atoms with van der Waals surface area (Å²) in [6.45, 7) is 0.476. The first-order chi connectivity index (χ1) is 12.1. The molecule has 1 aromatic carbocycles. The van der Waals surface area contributed by atoms with E-state index in [1.807, 2.05) is 24.3 Å². The minimum absolute atomic E-state index is 0.0126. The van der Waals surface area contributed by atoms with Gasteiger partial charge in [0.25, 0.3) is 5.91 Å². The van der Waals surface area contributed by atoms with Crippen LogP contribution in [0.1, 0.15) is 36.0 Å². The molecule has 2 heterocycles. The van der Waals surface area contributed by atoms with Gasteiger partial charge in [-0.25, -0.2) is 0 Å². The van der Waals surface area contributed by atoms with Gasteiger partial charge in [-0.05, 0) is 12.8 Å². The highest BCUT2D eigenvalue weighted by atomic mass is 32.2. The normalized spacial score (nSPS) is 26.8. The van der Waals surface area contributed by atoms with Crippen molar-refractivity contribution in [1.29, 1.82) is 0 Å². The van der Waals surface area contributed by atoms with Gasteiger partial charge in [0.1, 0.15) is 0 Å². The van der Waals surface area contributed by atoms with Gasteiger partial charge in [0.15, 0.2) is 11.6 Å². The number of ether oxygens (including phenoxy) is 1. The highest BCUT2D eigenvalue weighted by Crippen LogP contribution is 2.44. The van der Waals surface area contributed by atoms with Crippen molar-refractivity contribution < 1.29 is 19.1 Å². The van der Waals surface area contributed by atoms with Crippen molar-refractivity contribution in [3.05, 3.63) is 46.9 Å². The lowest BCUT2D eigenvalue weighted by Crippen LogP contribution is -2.53. The molecule has 5 nitrogen and oxygen atoms in total. The minimum Gasteiger partial charge on any atom is -0.357 e. The van der Waals surface area contributed by atoms with Crippen LogP contribution < -0.4 is 5.32 Å². The number of hydrogen-bond acceptors (Lipinski definition) is 5. The van der Waals surface area contributed by atoms with Crippen LogP contribution in [0.2, 0.25) is 0 Å². The van der Waals surface area contributed by atoms with E-state index in [0.29, 0.717) is 42.7 Å². The fourth-order valence-electron chi connectivity index (χ4n) is 3.25. The molecule has 1 fully saturated rings. The second kappa shape index (κ2) is 7.54. The van der Waals surface area contributed by atoms with Gasteiger partial charge in [-0.3, -0.25) is 14.4 Å². The quantitative estimate of drug-likeness (QED) is 0.646. The minimum atomic E-state index is -1.55. The maximum atomic E-state index is 12.6. The standard InChI is InChI=1S/C19H21NO4S/c1-24-19(16(22)8-5-11-20-18(19)23)17-10-9-14(25-17)12-15(21)13-6-3-2-4-7-13/h2-4,6-7,10,14H,5,8-9,11-12H2,1H3,(H,20,23). The van der Waals surface area contributed by atoms with Gasteiger partial charge in [-0.1, -0.05) is 36.4 Å². The predicted molar refractivity (Wildman–Crippen MR) is 96.5 cm³/mol. The summed E-state index contributed by atoms with van der Waals surface area (Å²) in [5, 5.41) is 2.78. The van der Waals surface area contributed by atoms with Gasteiger partial charge < -0.3 is 10.1 Å². The lowest BCUT2D eigenvalue weighted by Gasteiger charge is -2.29. The van der Waals surface area contributed by atoms with Crippen LogP contribution in [-0.4, -0.2) is 42.0 Å². The zero-order chi connectivity index (χ0) is 17.9. The third-order valence-electron chi connectivity index (χ3n) is 4.60. The monoisotopic (exact) mass is 359 g/mol. The van der Waals surface area contributed by atoms with Crippen molar-refractivity contribution in [1.82, 2.24) is 5.32 Å². The molecular formula is C19H21NO4S. The summed E-state index contributed by atoms with van der Waals surface area (Å²) in [5.41, 5.74) is -0.868. The fraction of sp³-hybridized carbons (Fsp3) is 0.421. The van der Waals surface area contributed by atoms with Crippen LogP contribution in [0, 0.1) is 0 Å². The van der Waals surface area contributed by atoms with Gasteiger partial charge in [0.2, 0.25) is 5.60 Å². The Hall–Kier alpha value is -1.92. The third-order valence-corrected chi connectivity index (χ3v) is 6.00. The predicted octanol–water partition coefficient (Wildman–Crippen LogP) is 2.51. The number of allylic oxidation sites excluding steroid dienone is 1. The third kappa shape index (κ3) is 3.41. The smallest absolute Gasteiger partial charge is 0.265 e. The number of benzene rings is 1. The molecule has 6 heteroatoms. The van der Waals surface area contributed by atoms with Gasteiger partial charge in [0, 0.05) is 42.2 Å². The van der Waals surface area contributed by atoms with E-state index in [9.17, 15) is 14.4 Å². The Morgan fingerprint density at radius 2 is 2.08 bits per heavy atom. The Labute approximate surface area is 151 Å². The molecule has 0 radical (unpaired) electrons. The first-order valence-electron chi connectivity index (χ1n) is 8.40. The lowest BCUT2D eigenvalue weighted by atomic mass is 9.93. The molecule has 1 aromatic rings. The summed E-state index contributed by atoms with van der Waals surface area (Å²) in [7, 11) is 1.40. The zero-order valence-electron chi connectivity index (χ0n) is 14.1. The van der Waals surface area contributed by atoms with E-state index < -0.39 is 11.5 Å². The molecule has 0 aromatic heterocycles. The maximum Gasteiger partial charge on any atom is 0.265 e. The molecule has 3 rings (SSSR count). The number of ketones is 2. The second-order valence-corrected chi connectivity index (χ2v) is 7.55. The summed E-state index contributed by atoms with van der Waals surface area (Å²) in [6.07, 6.45) is 3.80.